The molecule has 106 valence electrons. The largest absolute Gasteiger partial charge is 0.435 e. The molecule has 4 fully saturated rings. The Morgan fingerprint density at radius 2 is 1.68 bits per heavy atom. The van der Waals surface area contributed by atoms with Crippen LogP contribution in [-0.4, -0.2) is 19.4 Å². The summed E-state index contributed by atoms with van der Waals surface area (Å²) >= 11 is 0. The van der Waals surface area contributed by atoms with E-state index in [1.807, 2.05) is 0 Å². The molecule has 0 saturated heterocycles. The van der Waals surface area contributed by atoms with Crippen molar-refractivity contribution in [3.05, 3.63) is 12.2 Å². The molecule has 0 amide bonds. The Morgan fingerprint density at radius 3 is 2.16 bits per heavy atom. The van der Waals surface area contributed by atoms with Gasteiger partial charge in [0.15, 0.2) is 6.79 Å². The van der Waals surface area contributed by atoms with Crippen LogP contribution in [0.5, 0.6) is 0 Å². The van der Waals surface area contributed by atoms with Gasteiger partial charge in [-0.15, -0.1) is 0 Å². The molecule has 0 heterocycles. The van der Waals surface area contributed by atoms with E-state index in [9.17, 15) is 4.79 Å². The van der Waals surface area contributed by atoms with Gasteiger partial charge in [0, 0.05) is 5.57 Å². The quantitative estimate of drug-likeness (QED) is 0.331. The van der Waals surface area contributed by atoms with E-state index in [1.54, 1.807) is 6.92 Å². The van der Waals surface area contributed by atoms with E-state index in [4.69, 9.17) is 9.47 Å². The third kappa shape index (κ3) is 2.71. The number of rotatable bonds is 5. The molecule has 0 aromatic rings. The second-order valence-corrected chi connectivity index (χ2v) is 7.10. The number of hydrogen-bond acceptors (Lipinski definition) is 3. The Bertz CT molecular complexity index is 350. The van der Waals surface area contributed by atoms with E-state index in [-0.39, 0.29) is 12.8 Å². The summed E-state index contributed by atoms with van der Waals surface area (Å²) in [5.74, 6) is 2.46. The summed E-state index contributed by atoms with van der Waals surface area (Å²) in [6.45, 7) is 6.05. The number of hydrogen-bond donors (Lipinski definition) is 0. The van der Waals surface area contributed by atoms with Gasteiger partial charge in [0.2, 0.25) is 0 Å². The maximum absolute atomic E-state index is 11.3. The van der Waals surface area contributed by atoms with Crippen LogP contribution in [0.2, 0.25) is 0 Å². The zero-order valence-corrected chi connectivity index (χ0v) is 11.8. The summed E-state index contributed by atoms with van der Waals surface area (Å²) in [7, 11) is 0. The van der Waals surface area contributed by atoms with Gasteiger partial charge in [0.05, 0.1) is 6.61 Å². The minimum absolute atomic E-state index is 0.0768. The zero-order chi connectivity index (χ0) is 13.5. The Hall–Kier alpha value is -0.830. The third-order valence-corrected chi connectivity index (χ3v) is 5.20. The molecule has 4 rings (SSSR count). The minimum Gasteiger partial charge on any atom is -0.435 e. The molecular weight excluding hydrogens is 240 g/mol. The van der Waals surface area contributed by atoms with Crippen LogP contribution in [0.4, 0.5) is 0 Å². The molecule has 3 heteroatoms. The van der Waals surface area contributed by atoms with Crippen LogP contribution >= 0.6 is 0 Å². The summed E-state index contributed by atoms with van der Waals surface area (Å²) in [6.07, 6.45) is 8.33. The smallest absolute Gasteiger partial charge is 0.335 e. The molecular formula is C16H24O3. The highest BCUT2D eigenvalue weighted by atomic mass is 16.7. The van der Waals surface area contributed by atoms with Gasteiger partial charge in [-0.3, -0.25) is 0 Å². The Kier molecular flexibility index (Phi) is 3.42. The molecule has 4 aliphatic rings. The number of carbonyl (C=O) groups is 1. The van der Waals surface area contributed by atoms with Gasteiger partial charge >= 0.3 is 5.97 Å². The van der Waals surface area contributed by atoms with E-state index in [2.05, 4.69) is 6.58 Å². The fraction of sp³-hybridized carbons (Fsp3) is 0.812. The standard InChI is InChI=1S/C16H24O3/c1-11(2)15(17)19-10-18-9-16-6-12-3-13(7-16)5-14(4-12)8-16/h12-14H,1,3-10H2,2H3. The van der Waals surface area contributed by atoms with Gasteiger partial charge in [-0.1, -0.05) is 6.58 Å². The Morgan fingerprint density at radius 1 is 1.16 bits per heavy atom. The van der Waals surface area contributed by atoms with Crippen LogP contribution in [0, 0.1) is 23.2 Å². The van der Waals surface area contributed by atoms with E-state index in [0.717, 1.165) is 24.4 Å². The molecule has 4 saturated carbocycles. The van der Waals surface area contributed by atoms with Gasteiger partial charge in [-0.2, -0.15) is 0 Å². The first kappa shape index (κ1) is 13.2. The predicted octanol–water partition coefficient (Wildman–Crippen LogP) is 3.30. The van der Waals surface area contributed by atoms with E-state index in [1.165, 1.54) is 38.5 Å². The summed E-state index contributed by atoms with van der Waals surface area (Å²) in [5.41, 5.74) is 0.822. The molecule has 4 bridgehead atoms. The lowest BCUT2D eigenvalue weighted by molar-refractivity contribution is -0.162. The molecule has 0 atom stereocenters. The van der Waals surface area contributed by atoms with Gasteiger partial charge in [0.1, 0.15) is 0 Å². The minimum atomic E-state index is -0.356. The van der Waals surface area contributed by atoms with Crippen molar-refractivity contribution in [2.24, 2.45) is 23.2 Å². The number of ether oxygens (including phenoxy) is 2. The fourth-order valence-electron chi connectivity index (χ4n) is 4.94. The average molecular weight is 264 g/mol. The van der Waals surface area contributed by atoms with Gasteiger partial charge < -0.3 is 9.47 Å². The van der Waals surface area contributed by atoms with Crippen LogP contribution < -0.4 is 0 Å². The van der Waals surface area contributed by atoms with E-state index >= 15 is 0 Å². The van der Waals surface area contributed by atoms with Crippen molar-refractivity contribution >= 4 is 5.97 Å². The van der Waals surface area contributed by atoms with E-state index < -0.39 is 0 Å². The van der Waals surface area contributed by atoms with Gasteiger partial charge in [0.25, 0.3) is 0 Å². The fourth-order valence-corrected chi connectivity index (χ4v) is 4.94. The van der Waals surface area contributed by atoms with Crippen molar-refractivity contribution in [2.75, 3.05) is 13.4 Å². The Labute approximate surface area is 115 Å². The van der Waals surface area contributed by atoms with Crippen LogP contribution in [0.3, 0.4) is 0 Å². The lowest BCUT2D eigenvalue weighted by atomic mass is 9.50. The van der Waals surface area contributed by atoms with Crippen LogP contribution in [0.25, 0.3) is 0 Å². The van der Waals surface area contributed by atoms with Gasteiger partial charge in [-0.25, -0.2) is 4.79 Å². The van der Waals surface area contributed by atoms with Crippen LogP contribution in [-0.2, 0) is 14.3 Å². The van der Waals surface area contributed by atoms with E-state index in [0.29, 0.717) is 11.0 Å². The molecule has 0 N–H and O–H groups in total. The highest BCUT2D eigenvalue weighted by Gasteiger charge is 2.50. The molecule has 0 radical (unpaired) electrons. The van der Waals surface area contributed by atoms with Crippen molar-refractivity contribution in [3.63, 3.8) is 0 Å². The molecule has 3 nitrogen and oxygen atoms in total. The molecule has 0 aliphatic heterocycles. The first-order chi connectivity index (χ1) is 9.06. The summed E-state index contributed by atoms with van der Waals surface area (Å²) in [4.78, 5) is 11.3. The van der Waals surface area contributed by atoms with Crippen LogP contribution in [0.1, 0.15) is 45.4 Å². The van der Waals surface area contributed by atoms with Crippen molar-refractivity contribution in [3.8, 4) is 0 Å². The topological polar surface area (TPSA) is 35.5 Å². The number of esters is 1. The first-order valence-corrected chi connectivity index (χ1v) is 7.47. The van der Waals surface area contributed by atoms with Crippen molar-refractivity contribution in [1.29, 1.82) is 0 Å². The molecule has 4 aliphatic carbocycles. The maximum atomic E-state index is 11.3. The predicted molar refractivity (Wildman–Crippen MR) is 72.3 cm³/mol. The normalized spacial score (nSPS) is 39.3. The summed E-state index contributed by atoms with van der Waals surface area (Å²) in [5, 5.41) is 0. The second-order valence-electron chi connectivity index (χ2n) is 7.10. The Balaban J connectivity index is 1.48. The highest BCUT2D eigenvalue weighted by molar-refractivity contribution is 5.86. The third-order valence-electron chi connectivity index (χ3n) is 5.20. The zero-order valence-electron chi connectivity index (χ0n) is 11.8. The summed E-state index contributed by atoms with van der Waals surface area (Å²) < 4.78 is 10.7. The average Bonchev–Trinajstić information content (AvgIpc) is 2.32. The second kappa shape index (κ2) is 4.93. The molecule has 0 aromatic carbocycles. The SMILES string of the molecule is C=C(C)C(=O)OCOCC12CC3CC(CC(C3)C1)C2. The molecule has 19 heavy (non-hydrogen) atoms. The summed E-state index contributed by atoms with van der Waals surface area (Å²) in [6, 6.07) is 0. The maximum Gasteiger partial charge on any atom is 0.335 e. The molecule has 0 aromatic heterocycles. The first-order valence-electron chi connectivity index (χ1n) is 7.47. The lowest BCUT2D eigenvalue weighted by Crippen LogP contribution is -2.48. The van der Waals surface area contributed by atoms with Crippen LogP contribution in [0.15, 0.2) is 12.2 Å². The molecule has 0 unspecified atom stereocenters. The molecule has 0 spiro atoms. The lowest BCUT2D eigenvalue weighted by Gasteiger charge is -2.56. The number of carbonyl (C=O) groups excluding carboxylic acids is 1. The monoisotopic (exact) mass is 264 g/mol. The highest BCUT2D eigenvalue weighted by Crippen LogP contribution is 2.59. The van der Waals surface area contributed by atoms with Crippen molar-refractivity contribution in [1.82, 2.24) is 0 Å². The van der Waals surface area contributed by atoms with Crippen molar-refractivity contribution < 1.29 is 14.3 Å². The van der Waals surface area contributed by atoms with Crippen molar-refractivity contribution in [2.45, 2.75) is 45.4 Å². The van der Waals surface area contributed by atoms with Gasteiger partial charge in [-0.05, 0) is 68.6 Å².